The van der Waals surface area contributed by atoms with Crippen LogP contribution in [0.15, 0.2) is 41.6 Å². The molecule has 0 radical (unpaired) electrons. The zero-order chi connectivity index (χ0) is 17.7. The molecule has 1 aromatic carbocycles. The number of ether oxygens (including phenoxy) is 2. The van der Waals surface area contributed by atoms with Crippen molar-refractivity contribution >= 4 is 12.0 Å². The Morgan fingerprint density at radius 1 is 1.42 bits per heavy atom. The molecular formula is C17H20N2O5. The minimum Gasteiger partial charge on any atom is -0.504 e. The van der Waals surface area contributed by atoms with Crippen LogP contribution in [-0.4, -0.2) is 30.8 Å². The van der Waals surface area contributed by atoms with Crippen LogP contribution in [-0.2, 0) is 9.53 Å². The first-order valence-electron chi connectivity index (χ1n) is 7.41. The van der Waals surface area contributed by atoms with E-state index in [0.29, 0.717) is 16.8 Å². The van der Waals surface area contributed by atoms with Crippen LogP contribution in [0, 0.1) is 0 Å². The van der Waals surface area contributed by atoms with Crippen molar-refractivity contribution in [2.45, 2.75) is 19.9 Å². The summed E-state index contributed by atoms with van der Waals surface area (Å²) in [5.41, 5.74) is 1.31. The molecule has 0 aromatic heterocycles. The number of rotatable bonds is 5. The molecule has 0 spiro atoms. The van der Waals surface area contributed by atoms with Gasteiger partial charge in [-0.3, -0.25) is 0 Å². The van der Waals surface area contributed by atoms with Crippen LogP contribution >= 0.6 is 0 Å². The minimum atomic E-state index is -0.702. The van der Waals surface area contributed by atoms with Gasteiger partial charge in [0, 0.05) is 5.70 Å². The summed E-state index contributed by atoms with van der Waals surface area (Å²) in [6, 6.07) is 3.50. The number of phenolic OH excluding ortho intramolecular Hbond substituents is 1. The van der Waals surface area contributed by atoms with Crippen molar-refractivity contribution in [3.63, 3.8) is 0 Å². The normalized spacial score (nSPS) is 17.5. The molecule has 0 saturated heterocycles. The van der Waals surface area contributed by atoms with Gasteiger partial charge in [0.2, 0.25) is 0 Å². The molecule has 0 unspecified atom stereocenters. The predicted molar refractivity (Wildman–Crippen MR) is 87.5 cm³/mol. The Morgan fingerprint density at radius 2 is 2.17 bits per heavy atom. The van der Waals surface area contributed by atoms with Crippen LogP contribution in [0.2, 0.25) is 0 Å². The Labute approximate surface area is 140 Å². The van der Waals surface area contributed by atoms with E-state index < -0.39 is 18.0 Å². The molecule has 128 valence electrons. The molecular weight excluding hydrogens is 312 g/mol. The highest BCUT2D eigenvalue weighted by Crippen LogP contribution is 2.33. The molecule has 7 heteroatoms. The van der Waals surface area contributed by atoms with E-state index in [-0.39, 0.29) is 18.1 Å². The van der Waals surface area contributed by atoms with E-state index in [4.69, 9.17) is 9.47 Å². The number of nitrogens with one attached hydrogen (secondary N) is 2. The third kappa shape index (κ3) is 3.68. The fraction of sp³-hybridized carbons (Fsp3) is 0.294. The second-order valence-electron chi connectivity index (χ2n) is 5.17. The van der Waals surface area contributed by atoms with Gasteiger partial charge >= 0.3 is 12.0 Å². The zero-order valence-corrected chi connectivity index (χ0v) is 13.8. The lowest BCUT2D eigenvalue weighted by molar-refractivity contribution is -0.138. The van der Waals surface area contributed by atoms with Crippen molar-refractivity contribution in [2.75, 3.05) is 13.7 Å². The Balaban J connectivity index is 2.39. The maximum absolute atomic E-state index is 12.4. The van der Waals surface area contributed by atoms with Crippen LogP contribution in [0.1, 0.15) is 25.5 Å². The van der Waals surface area contributed by atoms with Gasteiger partial charge in [0.1, 0.15) is 6.61 Å². The zero-order valence-electron chi connectivity index (χ0n) is 13.8. The second-order valence-corrected chi connectivity index (χ2v) is 5.17. The Morgan fingerprint density at radius 3 is 2.83 bits per heavy atom. The van der Waals surface area contributed by atoms with Gasteiger partial charge in [-0.05, 0) is 31.5 Å². The molecule has 0 fully saturated rings. The first-order chi connectivity index (χ1) is 11.5. The maximum Gasteiger partial charge on any atom is 0.338 e. The number of hydrogen-bond acceptors (Lipinski definition) is 5. The van der Waals surface area contributed by atoms with E-state index in [0.717, 1.165) is 0 Å². The summed E-state index contributed by atoms with van der Waals surface area (Å²) in [5, 5.41) is 15.0. The summed E-state index contributed by atoms with van der Waals surface area (Å²) < 4.78 is 10.3. The third-order valence-corrected chi connectivity index (χ3v) is 3.57. The largest absolute Gasteiger partial charge is 0.504 e. The van der Waals surface area contributed by atoms with Crippen LogP contribution in [0.3, 0.4) is 0 Å². The van der Waals surface area contributed by atoms with Gasteiger partial charge in [-0.1, -0.05) is 18.2 Å². The fourth-order valence-corrected chi connectivity index (χ4v) is 2.39. The summed E-state index contributed by atoms with van der Waals surface area (Å²) in [6.45, 7) is 3.60. The summed E-state index contributed by atoms with van der Waals surface area (Å²) in [5.74, 6) is -0.311. The molecule has 1 atom stereocenters. The molecule has 1 aliphatic heterocycles. The number of benzene rings is 1. The van der Waals surface area contributed by atoms with Gasteiger partial charge in [0.15, 0.2) is 11.5 Å². The highest BCUT2D eigenvalue weighted by Gasteiger charge is 2.32. The predicted octanol–water partition coefficient (Wildman–Crippen LogP) is 2.15. The van der Waals surface area contributed by atoms with Crippen molar-refractivity contribution in [1.29, 1.82) is 0 Å². The molecule has 7 nitrogen and oxygen atoms in total. The molecule has 2 rings (SSSR count). The molecule has 0 saturated carbocycles. The standard InChI is InChI=1S/C17H20N2O5/c1-4-5-8-24-16(21)14-10(2)18-17(22)19-15(14)11-6-7-12(20)13(9-11)23-3/h4-7,9,15,20H,8H2,1-3H3,(H2,18,19,22)/b5-4-/t15-/m0/s1. The summed E-state index contributed by atoms with van der Waals surface area (Å²) in [6.07, 6.45) is 3.49. The lowest BCUT2D eigenvalue weighted by atomic mass is 9.95. The third-order valence-electron chi connectivity index (χ3n) is 3.57. The maximum atomic E-state index is 12.4. The molecule has 1 aromatic rings. The van der Waals surface area contributed by atoms with Crippen LogP contribution in [0.4, 0.5) is 4.79 Å². The van der Waals surface area contributed by atoms with E-state index in [9.17, 15) is 14.7 Å². The van der Waals surface area contributed by atoms with Crippen molar-refractivity contribution < 1.29 is 24.2 Å². The Hall–Kier alpha value is -2.96. The van der Waals surface area contributed by atoms with Crippen molar-refractivity contribution in [3.05, 3.63) is 47.2 Å². The number of methoxy groups -OCH3 is 1. The Bertz CT molecular complexity index is 709. The van der Waals surface area contributed by atoms with Crippen molar-refractivity contribution in [2.24, 2.45) is 0 Å². The van der Waals surface area contributed by atoms with Gasteiger partial charge in [-0.2, -0.15) is 0 Å². The van der Waals surface area contributed by atoms with E-state index in [1.54, 1.807) is 31.2 Å². The molecule has 3 N–H and O–H groups in total. The first-order valence-corrected chi connectivity index (χ1v) is 7.41. The minimum absolute atomic E-state index is 0.0283. The highest BCUT2D eigenvalue weighted by atomic mass is 16.5. The molecule has 1 heterocycles. The summed E-state index contributed by atoms with van der Waals surface area (Å²) in [7, 11) is 1.42. The molecule has 0 aliphatic carbocycles. The average molecular weight is 332 g/mol. The number of esters is 1. The lowest BCUT2D eigenvalue weighted by Gasteiger charge is -2.28. The number of aromatic hydroxyl groups is 1. The highest BCUT2D eigenvalue weighted by molar-refractivity contribution is 5.95. The quantitative estimate of drug-likeness (QED) is 0.567. The second kappa shape index (κ2) is 7.54. The van der Waals surface area contributed by atoms with Gasteiger partial charge in [-0.25, -0.2) is 9.59 Å². The van der Waals surface area contributed by atoms with Gasteiger partial charge in [0.25, 0.3) is 0 Å². The van der Waals surface area contributed by atoms with E-state index in [1.807, 2.05) is 6.92 Å². The van der Waals surface area contributed by atoms with Crippen LogP contribution in [0.25, 0.3) is 0 Å². The topological polar surface area (TPSA) is 96.9 Å². The average Bonchev–Trinajstić information content (AvgIpc) is 2.54. The molecule has 24 heavy (non-hydrogen) atoms. The number of carbonyl (C=O) groups is 2. The number of hydrogen-bond donors (Lipinski definition) is 3. The van der Waals surface area contributed by atoms with E-state index in [2.05, 4.69) is 10.6 Å². The first kappa shape index (κ1) is 17.4. The number of urea groups is 1. The number of allylic oxidation sites excluding steroid dienone is 2. The van der Waals surface area contributed by atoms with Crippen molar-refractivity contribution in [3.8, 4) is 11.5 Å². The van der Waals surface area contributed by atoms with Crippen LogP contribution in [0.5, 0.6) is 11.5 Å². The lowest BCUT2D eigenvalue weighted by Crippen LogP contribution is -2.45. The smallest absolute Gasteiger partial charge is 0.338 e. The van der Waals surface area contributed by atoms with Crippen LogP contribution < -0.4 is 15.4 Å². The number of phenols is 1. The van der Waals surface area contributed by atoms with Gasteiger partial charge in [0.05, 0.1) is 18.7 Å². The van der Waals surface area contributed by atoms with Gasteiger partial charge < -0.3 is 25.2 Å². The van der Waals surface area contributed by atoms with Gasteiger partial charge in [-0.15, -0.1) is 0 Å². The van der Waals surface area contributed by atoms with Crippen molar-refractivity contribution in [1.82, 2.24) is 10.6 Å². The summed E-state index contributed by atoms with van der Waals surface area (Å²) >= 11 is 0. The van der Waals surface area contributed by atoms with E-state index >= 15 is 0 Å². The molecule has 0 bridgehead atoms. The summed E-state index contributed by atoms with van der Waals surface area (Å²) in [4.78, 5) is 24.2. The fourth-order valence-electron chi connectivity index (χ4n) is 2.39. The monoisotopic (exact) mass is 332 g/mol. The SMILES string of the molecule is C/C=C\COC(=O)C1=C(C)NC(=O)N[C@H]1c1ccc(O)c(OC)c1. The van der Waals surface area contributed by atoms with E-state index in [1.165, 1.54) is 13.2 Å². The molecule has 1 aliphatic rings. The molecule has 2 amide bonds. The number of carbonyl (C=O) groups excluding carboxylic acids is 2. The number of amides is 2. The Kier molecular flexibility index (Phi) is 5.47.